The molecule has 0 radical (unpaired) electrons. The maximum absolute atomic E-state index is 12.0. The van der Waals surface area contributed by atoms with Crippen molar-refractivity contribution >= 4 is 11.8 Å². The molecule has 5 heteroatoms. The molecule has 1 aromatic rings. The molecule has 1 unspecified atom stereocenters. The van der Waals surface area contributed by atoms with Crippen LogP contribution in [-0.4, -0.2) is 42.4 Å². The molecule has 0 aliphatic carbocycles. The van der Waals surface area contributed by atoms with Gasteiger partial charge in [0.15, 0.2) is 0 Å². The topological polar surface area (TPSA) is 75.4 Å². The third-order valence-electron chi connectivity index (χ3n) is 4.01. The predicted octanol–water partition coefficient (Wildman–Crippen LogP) is 0.994. The van der Waals surface area contributed by atoms with E-state index in [1.54, 1.807) is 4.90 Å². The molecule has 1 heterocycles. The van der Waals surface area contributed by atoms with Crippen LogP contribution in [0.4, 0.5) is 0 Å². The van der Waals surface area contributed by atoms with Gasteiger partial charge < -0.3 is 16.0 Å². The molecule has 120 valence electrons. The molecule has 3 N–H and O–H groups in total. The number of piperidine rings is 1. The number of hydrogen-bond acceptors (Lipinski definition) is 3. The number of rotatable bonds is 5. The first-order chi connectivity index (χ1) is 10.5. The lowest BCUT2D eigenvalue weighted by atomic mass is 10.1. The van der Waals surface area contributed by atoms with Crippen LogP contribution in [0, 0.1) is 6.92 Å². The number of nitrogens with two attached hydrogens (primary N) is 1. The largest absolute Gasteiger partial charge is 0.347 e. The van der Waals surface area contributed by atoms with E-state index in [1.807, 2.05) is 31.2 Å². The molecule has 2 rings (SSSR count). The van der Waals surface area contributed by atoms with Crippen LogP contribution in [0.1, 0.15) is 30.4 Å². The molecule has 5 nitrogen and oxygen atoms in total. The Bertz CT molecular complexity index is 513. The standard InChI is InChI=1S/C17H25N3O2/c1-13-4-6-14(7-5-13)8-9-16(21)19-11-17(22)20-10-2-3-15(18)12-20/h4-7,15H,2-3,8-12,18H2,1H3,(H,19,21). The van der Waals surface area contributed by atoms with Crippen LogP contribution in [0.5, 0.6) is 0 Å². The van der Waals surface area contributed by atoms with Gasteiger partial charge >= 0.3 is 0 Å². The van der Waals surface area contributed by atoms with E-state index in [1.165, 1.54) is 5.56 Å². The van der Waals surface area contributed by atoms with E-state index in [0.29, 0.717) is 19.4 Å². The maximum Gasteiger partial charge on any atom is 0.242 e. The van der Waals surface area contributed by atoms with E-state index in [-0.39, 0.29) is 24.4 Å². The molecule has 0 spiro atoms. The van der Waals surface area contributed by atoms with Crippen LogP contribution in [0.2, 0.25) is 0 Å². The van der Waals surface area contributed by atoms with Crippen molar-refractivity contribution in [2.75, 3.05) is 19.6 Å². The summed E-state index contributed by atoms with van der Waals surface area (Å²) in [5, 5.41) is 2.71. The van der Waals surface area contributed by atoms with Gasteiger partial charge in [0, 0.05) is 25.6 Å². The highest BCUT2D eigenvalue weighted by molar-refractivity contribution is 5.84. The van der Waals surface area contributed by atoms with E-state index in [9.17, 15) is 9.59 Å². The van der Waals surface area contributed by atoms with Crippen molar-refractivity contribution in [2.45, 2.75) is 38.6 Å². The van der Waals surface area contributed by atoms with Gasteiger partial charge in [0.2, 0.25) is 11.8 Å². The number of amides is 2. The SMILES string of the molecule is Cc1ccc(CCC(=O)NCC(=O)N2CCCC(N)C2)cc1. The van der Waals surface area contributed by atoms with Crippen molar-refractivity contribution in [3.05, 3.63) is 35.4 Å². The molecule has 0 saturated carbocycles. The summed E-state index contributed by atoms with van der Waals surface area (Å²) in [5.74, 6) is -0.130. The number of nitrogens with zero attached hydrogens (tertiary/aromatic N) is 1. The molecule has 1 aliphatic rings. The zero-order valence-electron chi connectivity index (χ0n) is 13.2. The molecule has 1 aliphatic heterocycles. The minimum atomic E-state index is -0.0877. The molecular formula is C17H25N3O2. The maximum atomic E-state index is 12.0. The normalized spacial score (nSPS) is 18.1. The Labute approximate surface area is 131 Å². The van der Waals surface area contributed by atoms with Crippen LogP contribution < -0.4 is 11.1 Å². The first kappa shape index (κ1) is 16.5. The number of carbonyl (C=O) groups is 2. The van der Waals surface area contributed by atoms with Crippen LogP contribution >= 0.6 is 0 Å². The van der Waals surface area contributed by atoms with Crippen molar-refractivity contribution in [3.8, 4) is 0 Å². The fraction of sp³-hybridized carbons (Fsp3) is 0.529. The molecule has 0 bridgehead atoms. The van der Waals surface area contributed by atoms with Crippen LogP contribution in [-0.2, 0) is 16.0 Å². The summed E-state index contributed by atoms with van der Waals surface area (Å²) in [6.07, 6.45) is 2.99. The van der Waals surface area contributed by atoms with Crippen molar-refractivity contribution in [1.82, 2.24) is 10.2 Å². The van der Waals surface area contributed by atoms with E-state index >= 15 is 0 Å². The number of hydrogen-bond donors (Lipinski definition) is 2. The number of carbonyl (C=O) groups excluding carboxylic acids is 2. The summed E-state index contributed by atoms with van der Waals surface area (Å²) < 4.78 is 0. The molecule has 1 aromatic carbocycles. The highest BCUT2D eigenvalue weighted by atomic mass is 16.2. The Balaban J connectivity index is 1.68. The first-order valence-corrected chi connectivity index (χ1v) is 7.90. The van der Waals surface area contributed by atoms with E-state index < -0.39 is 0 Å². The van der Waals surface area contributed by atoms with E-state index in [4.69, 9.17) is 5.73 Å². The van der Waals surface area contributed by atoms with Gasteiger partial charge in [-0.05, 0) is 31.7 Å². The summed E-state index contributed by atoms with van der Waals surface area (Å²) in [7, 11) is 0. The second-order valence-corrected chi connectivity index (χ2v) is 6.00. The Morgan fingerprint density at radius 2 is 2.05 bits per heavy atom. The summed E-state index contributed by atoms with van der Waals surface area (Å²) in [6.45, 7) is 3.44. The summed E-state index contributed by atoms with van der Waals surface area (Å²) in [4.78, 5) is 25.6. The predicted molar refractivity (Wildman–Crippen MR) is 86.3 cm³/mol. The average molecular weight is 303 g/mol. The third kappa shape index (κ3) is 5.15. The third-order valence-corrected chi connectivity index (χ3v) is 4.01. The van der Waals surface area contributed by atoms with Crippen LogP contribution in [0.15, 0.2) is 24.3 Å². The Kier molecular flexibility index (Phi) is 5.95. The summed E-state index contributed by atoms with van der Waals surface area (Å²) in [6, 6.07) is 8.20. The highest BCUT2D eigenvalue weighted by Crippen LogP contribution is 2.08. The van der Waals surface area contributed by atoms with Crippen molar-refractivity contribution in [3.63, 3.8) is 0 Å². The second-order valence-electron chi connectivity index (χ2n) is 6.00. The van der Waals surface area contributed by atoms with Gasteiger partial charge in [0.1, 0.15) is 0 Å². The van der Waals surface area contributed by atoms with Crippen LogP contribution in [0.3, 0.4) is 0 Å². The lowest BCUT2D eigenvalue weighted by Gasteiger charge is -2.30. The zero-order chi connectivity index (χ0) is 15.9. The molecular weight excluding hydrogens is 278 g/mol. The van der Waals surface area contributed by atoms with Gasteiger partial charge in [-0.3, -0.25) is 9.59 Å². The fourth-order valence-corrected chi connectivity index (χ4v) is 2.62. The Morgan fingerprint density at radius 3 is 2.73 bits per heavy atom. The van der Waals surface area contributed by atoms with E-state index in [0.717, 1.165) is 24.9 Å². The molecule has 1 atom stereocenters. The molecule has 0 aromatic heterocycles. The molecule has 2 amide bonds. The number of likely N-dealkylation sites (tertiary alicyclic amines) is 1. The van der Waals surface area contributed by atoms with Crippen LogP contribution in [0.25, 0.3) is 0 Å². The smallest absolute Gasteiger partial charge is 0.242 e. The molecule has 22 heavy (non-hydrogen) atoms. The minimum absolute atomic E-state index is 0.0427. The first-order valence-electron chi connectivity index (χ1n) is 7.90. The Morgan fingerprint density at radius 1 is 1.32 bits per heavy atom. The lowest BCUT2D eigenvalue weighted by molar-refractivity contribution is -0.133. The summed E-state index contributed by atoms with van der Waals surface area (Å²) in [5.41, 5.74) is 8.20. The van der Waals surface area contributed by atoms with Gasteiger partial charge in [-0.15, -0.1) is 0 Å². The van der Waals surface area contributed by atoms with Gasteiger partial charge in [0.05, 0.1) is 6.54 Å². The number of nitrogens with one attached hydrogen (secondary N) is 1. The summed E-state index contributed by atoms with van der Waals surface area (Å²) >= 11 is 0. The van der Waals surface area contributed by atoms with E-state index in [2.05, 4.69) is 5.32 Å². The van der Waals surface area contributed by atoms with Crippen molar-refractivity contribution in [2.24, 2.45) is 5.73 Å². The van der Waals surface area contributed by atoms with Gasteiger partial charge in [-0.2, -0.15) is 0 Å². The number of benzene rings is 1. The van der Waals surface area contributed by atoms with Crippen molar-refractivity contribution in [1.29, 1.82) is 0 Å². The van der Waals surface area contributed by atoms with Gasteiger partial charge in [-0.25, -0.2) is 0 Å². The van der Waals surface area contributed by atoms with Gasteiger partial charge in [0.25, 0.3) is 0 Å². The second kappa shape index (κ2) is 7.94. The monoisotopic (exact) mass is 303 g/mol. The average Bonchev–Trinajstić information content (AvgIpc) is 2.52. The minimum Gasteiger partial charge on any atom is -0.347 e. The number of aryl methyl sites for hydroxylation is 2. The van der Waals surface area contributed by atoms with Crippen molar-refractivity contribution < 1.29 is 9.59 Å². The molecule has 1 saturated heterocycles. The Hall–Kier alpha value is -1.88. The molecule has 1 fully saturated rings. The lowest BCUT2D eigenvalue weighted by Crippen LogP contribution is -2.48. The quantitative estimate of drug-likeness (QED) is 0.852. The fourth-order valence-electron chi connectivity index (χ4n) is 2.62. The van der Waals surface area contributed by atoms with Gasteiger partial charge in [-0.1, -0.05) is 29.8 Å². The highest BCUT2D eigenvalue weighted by Gasteiger charge is 2.21. The zero-order valence-corrected chi connectivity index (χ0v) is 13.2.